The maximum atomic E-state index is 12.4. The predicted molar refractivity (Wildman–Crippen MR) is 51.6 cm³/mol. The van der Waals surface area contributed by atoms with Crippen molar-refractivity contribution in [1.82, 2.24) is 4.98 Å². The lowest BCUT2D eigenvalue weighted by Crippen LogP contribution is -2.10. The van der Waals surface area contributed by atoms with E-state index in [9.17, 15) is 23.7 Å². The van der Waals surface area contributed by atoms with Crippen LogP contribution < -0.4 is 5.73 Å². The first-order chi connectivity index (χ1) is 7.84. The van der Waals surface area contributed by atoms with Crippen LogP contribution in [0.5, 0.6) is 0 Å². The molecule has 0 atom stereocenters. The number of aliphatic carboxylic acids is 1. The van der Waals surface area contributed by atoms with Gasteiger partial charge >= 0.3 is 11.7 Å². The van der Waals surface area contributed by atoms with Gasteiger partial charge in [-0.3, -0.25) is 19.9 Å². The molecule has 1 heterocycles. The molecule has 9 heteroatoms. The van der Waals surface area contributed by atoms with Crippen molar-refractivity contribution < 1.29 is 23.6 Å². The summed E-state index contributed by atoms with van der Waals surface area (Å²) in [7, 11) is 0. The lowest BCUT2D eigenvalue weighted by molar-refractivity contribution is -0.385. The second-order valence-corrected chi connectivity index (χ2v) is 3.05. The van der Waals surface area contributed by atoms with Crippen LogP contribution in [0, 0.1) is 10.1 Å². The van der Waals surface area contributed by atoms with Gasteiger partial charge < -0.3 is 10.8 Å². The zero-order valence-corrected chi connectivity index (χ0v) is 8.26. The summed E-state index contributed by atoms with van der Waals surface area (Å²) in [5.41, 5.74) is 2.33. The van der Waals surface area contributed by atoms with Crippen LogP contribution in [0.3, 0.4) is 0 Å². The van der Waals surface area contributed by atoms with E-state index in [2.05, 4.69) is 4.98 Å². The zero-order valence-electron chi connectivity index (χ0n) is 8.26. The highest BCUT2D eigenvalue weighted by molar-refractivity contribution is 5.74. The van der Waals surface area contributed by atoms with Crippen LogP contribution >= 0.6 is 0 Å². The smallest absolute Gasteiger partial charge is 0.314 e. The summed E-state index contributed by atoms with van der Waals surface area (Å²) in [5, 5.41) is 19.1. The summed E-state index contributed by atoms with van der Waals surface area (Å²) in [6.07, 6.45) is -3.13. The first kappa shape index (κ1) is 12.7. The molecule has 0 aliphatic heterocycles. The number of carboxylic acid groups (broad SMARTS) is 1. The van der Waals surface area contributed by atoms with Crippen LogP contribution in [-0.2, 0) is 11.2 Å². The van der Waals surface area contributed by atoms with Crippen molar-refractivity contribution in [2.45, 2.75) is 12.8 Å². The fraction of sp³-hybridized carbons (Fsp3) is 0.250. The van der Waals surface area contributed by atoms with Crippen LogP contribution in [0.4, 0.5) is 20.2 Å². The number of hydrogen-bond donors (Lipinski definition) is 2. The summed E-state index contributed by atoms with van der Waals surface area (Å²) in [5.74, 6) is -1.37. The number of pyridine rings is 1. The van der Waals surface area contributed by atoms with Gasteiger partial charge in [0.15, 0.2) is 0 Å². The topological polar surface area (TPSA) is 119 Å². The standard InChI is InChI=1S/C8H7F2N3O4/c9-8(10)3-2-12-4(1-5(14)15)7(6(3)11)13(16)17/h2,8H,1H2,(H2,11,12)(H,14,15). The maximum absolute atomic E-state index is 12.4. The molecule has 1 rings (SSSR count). The van der Waals surface area contributed by atoms with Gasteiger partial charge in [0, 0.05) is 6.20 Å². The van der Waals surface area contributed by atoms with Gasteiger partial charge in [0.1, 0.15) is 11.4 Å². The van der Waals surface area contributed by atoms with Crippen LogP contribution in [0.15, 0.2) is 6.20 Å². The molecule has 0 fully saturated rings. The van der Waals surface area contributed by atoms with Gasteiger partial charge in [-0.1, -0.05) is 0 Å². The molecule has 92 valence electrons. The van der Waals surface area contributed by atoms with Crippen molar-refractivity contribution in [3.8, 4) is 0 Å². The highest BCUT2D eigenvalue weighted by Gasteiger charge is 2.27. The molecule has 0 spiro atoms. The van der Waals surface area contributed by atoms with Gasteiger partial charge in [-0.05, 0) is 0 Å². The molecule has 0 aliphatic rings. The van der Waals surface area contributed by atoms with Crippen molar-refractivity contribution in [2.24, 2.45) is 0 Å². The van der Waals surface area contributed by atoms with Crippen LogP contribution in [-0.4, -0.2) is 21.0 Å². The van der Waals surface area contributed by atoms with E-state index in [0.29, 0.717) is 6.20 Å². The van der Waals surface area contributed by atoms with Crippen molar-refractivity contribution in [3.05, 3.63) is 27.6 Å². The number of nitro groups is 1. The average molecular weight is 247 g/mol. The summed E-state index contributed by atoms with van der Waals surface area (Å²) < 4.78 is 24.8. The number of alkyl halides is 2. The van der Waals surface area contributed by atoms with E-state index in [1.807, 2.05) is 0 Å². The molecule has 0 aliphatic carbocycles. The van der Waals surface area contributed by atoms with Gasteiger partial charge in [0.2, 0.25) is 0 Å². The Hall–Kier alpha value is -2.32. The van der Waals surface area contributed by atoms with Crippen molar-refractivity contribution in [3.63, 3.8) is 0 Å². The molecule has 0 amide bonds. The summed E-state index contributed by atoms with van der Waals surface area (Å²) >= 11 is 0. The molecule has 1 aromatic rings. The Kier molecular flexibility index (Phi) is 3.51. The minimum atomic E-state index is -3.01. The number of anilines is 1. The fourth-order valence-electron chi connectivity index (χ4n) is 1.22. The number of nitrogen functional groups attached to an aromatic ring is 1. The lowest BCUT2D eigenvalue weighted by Gasteiger charge is -2.07. The van der Waals surface area contributed by atoms with Crippen molar-refractivity contribution in [1.29, 1.82) is 0 Å². The summed E-state index contributed by atoms with van der Waals surface area (Å²) in [6, 6.07) is 0. The van der Waals surface area contributed by atoms with Crippen LogP contribution in [0.1, 0.15) is 17.7 Å². The van der Waals surface area contributed by atoms with E-state index in [1.54, 1.807) is 0 Å². The van der Waals surface area contributed by atoms with E-state index >= 15 is 0 Å². The Bertz CT molecular complexity index is 478. The van der Waals surface area contributed by atoms with Gasteiger partial charge in [-0.25, -0.2) is 8.78 Å². The van der Waals surface area contributed by atoms with E-state index in [1.165, 1.54) is 0 Å². The minimum absolute atomic E-state index is 0.454. The Morgan fingerprint density at radius 2 is 2.24 bits per heavy atom. The number of aromatic nitrogens is 1. The normalized spacial score (nSPS) is 10.5. The number of carbonyl (C=O) groups is 1. The third-order valence-electron chi connectivity index (χ3n) is 1.94. The van der Waals surface area contributed by atoms with Gasteiger partial charge in [0.25, 0.3) is 6.43 Å². The third-order valence-corrected chi connectivity index (χ3v) is 1.94. The Labute approximate surface area is 93.0 Å². The number of nitrogens with zero attached hydrogens (tertiary/aromatic N) is 2. The van der Waals surface area contributed by atoms with E-state index in [4.69, 9.17) is 10.8 Å². The SMILES string of the molecule is Nc1c(C(F)F)cnc(CC(=O)O)c1[N+](=O)[O-]. The maximum Gasteiger partial charge on any atom is 0.314 e. The Balaban J connectivity index is 3.39. The van der Waals surface area contributed by atoms with E-state index in [0.717, 1.165) is 0 Å². The molecule has 0 aromatic carbocycles. The van der Waals surface area contributed by atoms with Gasteiger partial charge in [-0.2, -0.15) is 0 Å². The number of hydrogen-bond acceptors (Lipinski definition) is 5. The molecule has 0 radical (unpaired) electrons. The van der Waals surface area contributed by atoms with Gasteiger partial charge in [0.05, 0.1) is 16.9 Å². The first-order valence-electron chi connectivity index (χ1n) is 4.26. The molecular weight excluding hydrogens is 240 g/mol. The van der Waals surface area contributed by atoms with Crippen molar-refractivity contribution >= 4 is 17.3 Å². The molecular formula is C8H7F2N3O4. The highest BCUT2D eigenvalue weighted by atomic mass is 19.3. The number of rotatable bonds is 4. The van der Waals surface area contributed by atoms with E-state index in [-0.39, 0.29) is 0 Å². The second kappa shape index (κ2) is 4.68. The molecule has 3 N–H and O–H groups in total. The average Bonchev–Trinajstić information content (AvgIpc) is 2.15. The predicted octanol–water partition coefficient (Wildman–Crippen LogP) is 1.14. The quantitative estimate of drug-likeness (QED) is 0.608. The van der Waals surface area contributed by atoms with Crippen LogP contribution in [0.25, 0.3) is 0 Å². The number of carboxylic acids is 1. The second-order valence-electron chi connectivity index (χ2n) is 3.05. The Morgan fingerprint density at radius 1 is 1.65 bits per heavy atom. The third kappa shape index (κ3) is 2.62. The monoisotopic (exact) mass is 247 g/mol. The lowest BCUT2D eigenvalue weighted by atomic mass is 10.1. The molecule has 1 aromatic heterocycles. The highest BCUT2D eigenvalue weighted by Crippen LogP contribution is 2.33. The summed E-state index contributed by atoms with van der Waals surface area (Å²) in [6.45, 7) is 0. The van der Waals surface area contributed by atoms with Crippen molar-refractivity contribution in [2.75, 3.05) is 5.73 Å². The Morgan fingerprint density at radius 3 is 2.65 bits per heavy atom. The largest absolute Gasteiger partial charge is 0.481 e. The molecule has 0 saturated carbocycles. The van der Waals surface area contributed by atoms with Gasteiger partial charge in [-0.15, -0.1) is 0 Å². The first-order valence-corrected chi connectivity index (χ1v) is 4.26. The molecule has 0 saturated heterocycles. The van der Waals surface area contributed by atoms with Crippen LogP contribution in [0.2, 0.25) is 0 Å². The zero-order chi connectivity index (χ0) is 13.2. The van der Waals surface area contributed by atoms with E-state index < -0.39 is 46.4 Å². The molecule has 0 unspecified atom stereocenters. The fourth-order valence-corrected chi connectivity index (χ4v) is 1.22. The number of nitrogens with two attached hydrogens (primary N) is 1. The minimum Gasteiger partial charge on any atom is -0.481 e. The number of halogens is 2. The summed E-state index contributed by atoms with van der Waals surface area (Å²) in [4.78, 5) is 23.4. The molecule has 7 nitrogen and oxygen atoms in total. The molecule has 17 heavy (non-hydrogen) atoms. The molecule has 0 bridgehead atoms.